The van der Waals surface area contributed by atoms with Crippen LogP contribution in [0.3, 0.4) is 0 Å². The predicted molar refractivity (Wildman–Crippen MR) is 66.0 cm³/mol. The van der Waals surface area contributed by atoms with Gasteiger partial charge in [0.15, 0.2) is 0 Å². The van der Waals surface area contributed by atoms with Crippen molar-refractivity contribution in [3.05, 3.63) is 35.4 Å². The quantitative estimate of drug-likeness (QED) is 0.779. The predicted octanol–water partition coefficient (Wildman–Crippen LogP) is 1.34. The molecule has 0 saturated heterocycles. The van der Waals surface area contributed by atoms with E-state index in [1.54, 1.807) is 6.07 Å². The van der Waals surface area contributed by atoms with Crippen molar-refractivity contribution < 1.29 is 21.6 Å². The highest BCUT2D eigenvalue weighted by Crippen LogP contribution is 2.29. The number of hydrogen-bond donors (Lipinski definition) is 2. The standard InChI is InChI=1S/C11H15F3N2O2S/c1-15-19(17,18)6-5-16-8-9-3-2-4-10(7-9)11(12,13)14/h2-4,7,15-16H,5-6,8H2,1H3. The van der Waals surface area contributed by atoms with Gasteiger partial charge in [-0.2, -0.15) is 13.2 Å². The van der Waals surface area contributed by atoms with Crippen LogP contribution in [0.5, 0.6) is 0 Å². The van der Waals surface area contributed by atoms with Gasteiger partial charge < -0.3 is 5.32 Å². The average Bonchev–Trinajstić information content (AvgIpc) is 2.34. The van der Waals surface area contributed by atoms with E-state index in [9.17, 15) is 21.6 Å². The highest BCUT2D eigenvalue weighted by Gasteiger charge is 2.30. The third-order valence-electron chi connectivity index (χ3n) is 2.44. The van der Waals surface area contributed by atoms with Crippen LogP contribution < -0.4 is 10.0 Å². The topological polar surface area (TPSA) is 58.2 Å². The molecule has 0 spiro atoms. The van der Waals surface area contributed by atoms with Gasteiger partial charge in [-0.3, -0.25) is 0 Å². The average molecular weight is 296 g/mol. The Balaban J connectivity index is 2.51. The first-order valence-corrected chi connectivity index (χ1v) is 7.18. The lowest BCUT2D eigenvalue weighted by molar-refractivity contribution is -0.137. The van der Waals surface area contributed by atoms with Crippen molar-refractivity contribution in [1.82, 2.24) is 10.0 Å². The summed E-state index contributed by atoms with van der Waals surface area (Å²) in [5.41, 5.74) is -0.258. The molecule has 0 saturated carbocycles. The van der Waals surface area contributed by atoms with Crippen LogP contribution in [-0.2, 0) is 22.7 Å². The Morgan fingerprint density at radius 1 is 1.26 bits per heavy atom. The molecule has 8 heteroatoms. The molecule has 0 aromatic heterocycles. The van der Waals surface area contributed by atoms with E-state index in [2.05, 4.69) is 10.0 Å². The molecule has 108 valence electrons. The summed E-state index contributed by atoms with van der Waals surface area (Å²) < 4.78 is 61.7. The van der Waals surface area contributed by atoms with Gasteiger partial charge in [0.25, 0.3) is 0 Å². The maximum atomic E-state index is 12.5. The third kappa shape index (κ3) is 5.58. The van der Waals surface area contributed by atoms with Crippen LogP contribution in [0, 0.1) is 0 Å². The van der Waals surface area contributed by atoms with Crippen molar-refractivity contribution in [2.75, 3.05) is 19.3 Å². The van der Waals surface area contributed by atoms with E-state index in [4.69, 9.17) is 0 Å². The van der Waals surface area contributed by atoms with Crippen LogP contribution in [-0.4, -0.2) is 27.8 Å². The molecule has 2 N–H and O–H groups in total. The van der Waals surface area contributed by atoms with Gasteiger partial charge >= 0.3 is 6.18 Å². The monoisotopic (exact) mass is 296 g/mol. The summed E-state index contributed by atoms with van der Waals surface area (Å²) in [6.45, 7) is 0.350. The number of halogens is 3. The van der Waals surface area contributed by atoms with E-state index >= 15 is 0 Å². The summed E-state index contributed by atoms with van der Waals surface area (Å²) in [6, 6.07) is 4.91. The molecule has 0 heterocycles. The van der Waals surface area contributed by atoms with Crippen molar-refractivity contribution >= 4 is 10.0 Å². The first-order chi connectivity index (χ1) is 8.74. The van der Waals surface area contributed by atoms with E-state index in [0.29, 0.717) is 5.56 Å². The molecule has 19 heavy (non-hydrogen) atoms. The second-order valence-electron chi connectivity index (χ2n) is 3.90. The van der Waals surface area contributed by atoms with Gasteiger partial charge in [0.05, 0.1) is 11.3 Å². The Morgan fingerprint density at radius 2 is 1.95 bits per heavy atom. The van der Waals surface area contributed by atoms with Crippen molar-refractivity contribution in [2.24, 2.45) is 0 Å². The lowest BCUT2D eigenvalue weighted by atomic mass is 10.1. The zero-order valence-corrected chi connectivity index (χ0v) is 11.1. The van der Waals surface area contributed by atoms with Crippen molar-refractivity contribution in [1.29, 1.82) is 0 Å². The molecule has 1 aromatic rings. The second-order valence-corrected chi connectivity index (χ2v) is 5.94. The van der Waals surface area contributed by atoms with Crippen LogP contribution in [0.2, 0.25) is 0 Å². The van der Waals surface area contributed by atoms with E-state index in [-0.39, 0.29) is 18.8 Å². The van der Waals surface area contributed by atoms with Gasteiger partial charge in [-0.1, -0.05) is 18.2 Å². The summed E-state index contributed by atoms with van der Waals surface area (Å²) in [5, 5.41) is 2.78. The van der Waals surface area contributed by atoms with E-state index < -0.39 is 21.8 Å². The molecule has 0 unspecified atom stereocenters. The number of nitrogens with one attached hydrogen (secondary N) is 2. The molecule has 0 amide bonds. The smallest absolute Gasteiger partial charge is 0.312 e. The summed E-state index contributed by atoms with van der Waals surface area (Å²) in [7, 11) is -1.99. The Bertz CT molecular complexity index is 515. The Hall–Kier alpha value is -1.12. The zero-order chi connectivity index (χ0) is 14.5. The van der Waals surface area contributed by atoms with Gasteiger partial charge in [0.1, 0.15) is 0 Å². The minimum absolute atomic E-state index is 0.123. The second kappa shape index (κ2) is 6.36. The Kier molecular flexibility index (Phi) is 5.33. The summed E-state index contributed by atoms with van der Waals surface area (Å²) in [5.74, 6) is -0.123. The number of sulfonamides is 1. The molecule has 0 radical (unpaired) electrons. The minimum atomic E-state index is -4.37. The summed E-state index contributed by atoms with van der Waals surface area (Å²) in [4.78, 5) is 0. The highest BCUT2D eigenvalue weighted by molar-refractivity contribution is 7.89. The molecular weight excluding hydrogens is 281 g/mol. The van der Waals surface area contributed by atoms with Gasteiger partial charge in [-0.25, -0.2) is 13.1 Å². The molecule has 0 aliphatic rings. The fourth-order valence-electron chi connectivity index (χ4n) is 1.40. The van der Waals surface area contributed by atoms with Crippen LogP contribution in [0.1, 0.15) is 11.1 Å². The molecule has 0 fully saturated rings. The zero-order valence-electron chi connectivity index (χ0n) is 10.3. The molecule has 0 aliphatic heterocycles. The van der Waals surface area contributed by atoms with Gasteiger partial charge in [0.2, 0.25) is 10.0 Å². The van der Waals surface area contributed by atoms with E-state index in [0.717, 1.165) is 12.1 Å². The highest BCUT2D eigenvalue weighted by atomic mass is 32.2. The minimum Gasteiger partial charge on any atom is -0.312 e. The van der Waals surface area contributed by atoms with E-state index in [1.165, 1.54) is 13.1 Å². The molecular formula is C11H15F3N2O2S. The molecule has 0 bridgehead atoms. The number of alkyl halides is 3. The molecule has 0 aliphatic carbocycles. The van der Waals surface area contributed by atoms with Gasteiger partial charge in [-0.05, 0) is 18.7 Å². The third-order valence-corrected chi connectivity index (χ3v) is 3.81. The lowest BCUT2D eigenvalue weighted by Gasteiger charge is -2.09. The SMILES string of the molecule is CNS(=O)(=O)CCNCc1cccc(C(F)(F)F)c1. The Labute approximate surface area is 110 Å². The maximum Gasteiger partial charge on any atom is 0.416 e. The first kappa shape index (κ1) is 15.9. The molecule has 1 rings (SSSR count). The van der Waals surface area contributed by atoms with Crippen molar-refractivity contribution in [3.63, 3.8) is 0 Å². The first-order valence-electron chi connectivity index (χ1n) is 5.53. The largest absolute Gasteiger partial charge is 0.416 e. The maximum absolute atomic E-state index is 12.5. The van der Waals surface area contributed by atoms with Gasteiger partial charge in [0, 0.05) is 13.1 Å². The fourth-order valence-corrected chi connectivity index (χ4v) is 2.02. The van der Waals surface area contributed by atoms with Crippen molar-refractivity contribution in [2.45, 2.75) is 12.7 Å². The normalized spacial score (nSPS) is 12.6. The fraction of sp³-hybridized carbons (Fsp3) is 0.455. The summed E-state index contributed by atoms with van der Waals surface area (Å²) >= 11 is 0. The number of rotatable bonds is 6. The van der Waals surface area contributed by atoms with E-state index in [1.807, 2.05) is 0 Å². The molecule has 4 nitrogen and oxygen atoms in total. The molecule has 0 atom stereocenters. The van der Waals surface area contributed by atoms with Crippen LogP contribution >= 0.6 is 0 Å². The summed E-state index contributed by atoms with van der Waals surface area (Å²) in [6.07, 6.45) is -4.37. The van der Waals surface area contributed by atoms with Crippen molar-refractivity contribution in [3.8, 4) is 0 Å². The number of hydrogen-bond acceptors (Lipinski definition) is 3. The van der Waals surface area contributed by atoms with Gasteiger partial charge in [-0.15, -0.1) is 0 Å². The number of benzene rings is 1. The van der Waals surface area contributed by atoms with Crippen LogP contribution in [0.4, 0.5) is 13.2 Å². The lowest BCUT2D eigenvalue weighted by Crippen LogP contribution is -2.29. The Morgan fingerprint density at radius 3 is 2.53 bits per heavy atom. The van der Waals surface area contributed by atoms with Crippen LogP contribution in [0.25, 0.3) is 0 Å². The molecule has 1 aromatic carbocycles. The van der Waals surface area contributed by atoms with Crippen LogP contribution in [0.15, 0.2) is 24.3 Å².